The molecule has 1 amide bonds. The fourth-order valence-electron chi connectivity index (χ4n) is 3.58. The highest BCUT2D eigenvalue weighted by Gasteiger charge is 2.25. The zero-order chi connectivity index (χ0) is 19.0. The summed E-state index contributed by atoms with van der Waals surface area (Å²) in [6, 6.07) is 3.50. The van der Waals surface area contributed by atoms with Crippen molar-refractivity contribution in [1.82, 2.24) is 4.98 Å². The van der Waals surface area contributed by atoms with Crippen molar-refractivity contribution < 1.29 is 13.9 Å². The molecule has 0 bridgehead atoms. The molecule has 0 spiro atoms. The van der Waals surface area contributed by atoms with E-state index < -0.39 is 0 Å². The molecule has 4 rings (SSSR count). The number of carbonyl (C=O) groups excluding carboxylic acids is 1. The third-order valence-corrected chi connectivity index (χ3v) is 5.45. The van der Waals surface area contributed by atoms with E-state index in [-0.39, 0.29) is 16.0 Å². The Balaban J connectivity index is 1.84. The van der Waals surface area contributed by atoms with Gasteiger partial charge < -0.3 is 14.5 Å². The summed E-state index contributed by atoms with van der Waals surface area (Å²) in [7, 11) is 1.60. The van der Waals surface area contributed by atoms with E-state index in [0.717, 1.165) is 48.8 Å². The fraction of sp³-hybridized carbons (Fsp3) is 0.300. The van der Waals surface area contributed by atoms with E-state index in [4.69, 9.17) is 32.4 Å². The van der Waals surface area contributed by atoms with Crippen LogP contribution in [-0.4, -0.2) is 18.0 Å². The van der Waals surface area contributed by atoms with Crippen molar-refractivity contribution in [2.75, 3.05) is 12.4 Å². The lowest BCUT2D eigenvalue weighted by Crippen LogP contribution is -2.13. The van der Waals surface area contributed by atoms with E-state index in [1.807, 2.05) is 0 Å². The third kappa shape index (κ3) is 3.26. The van der Waals surface area contributed by atoms with Gasteiger partial charge in [-0.25, -0.2) is 0 Å². The van der Waals surface area contributed by atoms with E-state index in [9.17, 15) is 4.79 Å². The van der Waals surface area contributed by atoms with E-state index in [0.29, 0.717) is 22.6 Å². The zero-order valence-electron chi connectivity index (χ0n) is 14.8. The van der Waals surface area contributed by atoms with Crippen LogP contribution in [0, 0.1) is 0 Å². The highest BCUT2D eigenvalue weighted by molar-refractivity contribution is 6.39. The number of hydrogen-bond donors (Lipinski definition) is 1. The number of benzene rings is 1. The van der Waals surface area contributed by atoms with Crippen LogP contribution in [0.3, 0.4) is 0 Å². The number of methoxy groups -OCH3 is 1. The Morgan fingerprint density at radius 2 is 1.89 bits per heavy atom. The summed E-state index contributed by atoms with van der Waals surface area (Å²) in [4.78, 5) is 17.0. The Bertz CT molecular complexity index is 1010. The highest BCUT2D eigenvalue weighted by Crippen LogP contribution is 2.39. The average molecular weight is 405 g/mol. The van der Waals surface area contributed by atoms with Crippen LogP contribution in [0.15, 0.2) is 28.9 Å². The molecular weight excluding hydrogens is 387 g/mol. The summed E-state index contributed by atoms with van der Waals surface area (Å²) in [5, 5.41) is 4.19. The molecule has 0 fully saturated rings. The van der Waals surface area contributed by atoms with Crippen molar-refractivity contribution in [3.63, 3.8) is 0 Å². The molecule has 0 radical (unpaired) electrons. The molecule has 140 valence electrons. The molecule has 27 heavy (non-hydrogen) atoms. The van der Waals surface area contributed by atoms with Gasteiger partial charge in [0.25, 0.3) is 5.91 Å². The summed E-state index contributed by atoms with van der Waals surface area (Å²) in [5.74, 6) is 1.26. The SMILES string of the molecule is COc1ccc(C(=O)Nc2c(Cl)cncc2Cl)c2c3c(oc12)CCCCC3. The van der Waals surface area contributed by atoms with Crippen LogP contribution in [0.4, 0.5) is 5.69 Å². The Morgan fingerprint density at radius 1 is 1.15 bits per heavy atom. The molecule has 7 heteroatoms. The van der Waals surface area contributed by atoms with Gasteiger partial charge in [-0.1, -0.05) is 29.6 Å². The molecule has 0 unspecified atom stereocenters. The van der Waals surface area contributed by atoms with Crippen LogP contribution >= 0.6 is 23.2 Å². The van der Waals surface area contributed by atoms with Crippen molar-refractivity contribution in [3.05, 3.63) is 51.5 Å². The lowest BCUT2D eigenvalue weighted by atomic mass is 10.0. The van der Waals surface area contributed by atoms with Crippen LogP contribution in [0.1, 0.15) is 40.9 Å². The molecule has 1 aliphatic rings. The van der Waals surface area contributed by atoms with Crippen LogP contribution < -0.4 is 10.1 Å². The van der Waals surface area contributed by atoms with Crippen LogP contribution in [0.25, 0.3) is 11.0 Å². The van der Waals surface area contributed by atoms with Crippen molar-refractivity contribution in [2.45, 2.75) is 32.1 Å². The quantitative estimate of drug-likeness (QED) is 0.571. The smallest absolute Gasteiger partial charge is 0.256 e. The summed E-state index contributed by atoms with van der Waals surface area (Å²) in [6.07, 6.45) is 7.94. The van der Waals surface area contributed by atoms with Gasteiger partial charge >= 0.3 is 0 Å². The van der Waals surface area contributed by atoms with Gasteiger partial charge in [0.05, 0.1) is 28.4 Å². The van der Waals surface area contributed by atoms with E-state index in [2.05, 4.69) is 10.3 Å². The second-order valence-electron chi connectivity index (χ2n) is 6.52. The maximum atomic E-state index is 13.1. The number of pyridine rings is 1. The molecule has 1 aromatic carbocycles. The summed E-state index contributed by atoms with van der Waals surface area (Å²) in [6.45, 7) is 0. The van der Waals surface area contributed by atoms with Gasteiger partial charge in [-0.15, -0.1) is 0 Å². The molecular formula is C20H18Cl2N2O3. The van der Waals surface area contributed by atoms with Crippen molar-refractivity contribution >= 4 is 45.8 Å². The standard InChI is InChI=1S/C20H18Cl2N2O3/c1-26-16-8-7-12(20(25)24-18-13(21)9-23-10-14(18)22)17-11-5-3-2-4-6-15(11)27-19(16)17/h7-10H,2-6H2,1H3,(H,23,24,25). The topological polar surface area (TPSA) is 64.4 Å². The number of halogens is 2. The number of aromatic nitrogens is 1. The first-order chi connectivity index (χ1) is 13.1. The molecule has 5 nitrogen and oxygen atoms in total. The molecule has 1 N–H and O–H groups in total. The first-order valence-corrected chi connectivity index (χ1v) is 9.57. The van der Waals surface area contributed by atoms with Gasteiger partial charge in [0, 0.05) is 29.8 Å². The number of amides is 1. The number of ether oxygens (including phenoxy) is 1. The summed E-state index contributed by atoms with van der Waals surface area (Å²) >= 11 is 12.3. The Hall–Kier alpha value is -2.24. The number of aryl methyl sites for hydroxylation is 2. The van der Waals surface area contributed by atoms with Crippen molar-refractivity contribution in [1.29, 1.82) is 0 Å². The lowest BCUT2D eigenvalue weighted by Gasteiger charge is -2.11. The minimum absolute atomic E-state index is 0.284. The van der Waals surface area contributed by atoms with E-state index in [1.165, 1.54) is 12.4 Å². The van der Waals surface area contributed by atoms with Gasteiger partial charge in [-0.05, 0) is 31.4 Å². The van der Waals surface area contributed by atoms with Gasteiger partial charge in [0.15, 0.2) is 11.3 Å². The van der Waals surface area contributed by atoms with Gasteiger partial charge in [-0.2, -0.15) is 0 Å². The minimum atomic E-state index is -0.300. The predicted octanol–water partition coefficient (Wildman–Crippen LogP) is 5.66. The Morgan fingerprint density at radius 3 is 2.63 bits per heavy atom. The Kier molecular flexibility index (Phi) is 4.98. The zero-order valence-corrected chi connectivity index (χ0v) is 16.3. The van der Waals surface area contributed by atoms with E-state index >= 15 is 0 Å². The van der Waals surface area contributed by atoms with Crippen LogP contribution in [-0.2, 0) is 12.8 Å². The minimum Gasteiger partial charge on any atom is -0.493 e. The lowest BCUT2D eigenvalue weighted by molar-refractivity contribution is 0.102. The molecule has 1 aliphatic carbocycles. The summed E-state index contributed by atoms with van der Waals surface area (Å²) < 4.78 is 11.6. The normalized spacial score (nSPS) is 13.9. The number of carbonyl (C=O) groups is 1. The number of nitrogens with zero attached hydrogens (tertiary/aromatic N) is 1. The van der Waals surface area contributed by atoms with Crippen molar-refractivity contribution in [3.8, 4) is 5.75 Å². The molecule has 0 aliphatic heterocycles. The van der Waals surface area contributed by atoms with Crippen LogP contribution in [0.2, 0.25) is 10.0 Å². The number of anilines is 1. The van der Waals surface area contributed by atoms with Gasteiger partial charge in [0.1, 0.15) is 5.76 Å². The maximum absolute atomic E-state index is 13.1. The van der Waals surface area contributed by atoms with E-state index in [1.54, 1.807) is 19.2 Å². The van der Waals surface area contributed by atoms with Crippen molar-refractivity contribution in [2.24, 2.45) is 0 Å². The van der Waals surface area contributed by atoms with Gasteiger partial charge in [-0.3, -0.25) is 9.78 Å². The monoisotopic (exact) mass is 404 g/mol. The largest absolute Gasteiger partial charge is 0.493 e. The predicted molar refractivity (Wildman–Crippen MR) is 106 cm³/mol. The first kappa shape index (κ1) is 18.1. The molecule has 2 heterocycles. The second kappa shape index (κ2) is 7.41. The maximum Gasteiger partial charge on any atom is 0.256 e. The molecule has 0 saturated carbocycles. The molecule has 0 saturated heterocycles. The number of rotatable bonds is 3. The summed E-state index contributed by atoms with van der Waals surface area (Å²) in [5.41, 5.74) is 2.57. The third-order valence-electron chi connectivity index (χ3n) is 4.87. The highest BCUT2D eigenvalue weighted by atomic mass is 35.5. The second-order valence-corrected chi connectivity index (χ2v) is 7.33. The number of nitrogens with one attached hydrogen (secondary N) is 1. The van der Waals surface area contributed by atoms with Crippen LogP contribution in [0.5, 0.6) is 5.75 Å². The fourth-order valence-corrected chi connectivity index (χ4v) is 4.04. The number of fused-ring (bicyclic) bond motifs is 3. The Labute approximate surface area is 166 Å². The average Bonchev–Trinajstić information content (AvgIpc) is 2.86. The number of hydrogen-bond acceptors (Lipinski definition) is 4. The number of furan rings is 1. The molecule has 3 aromatic rings. The molecule has 2 aromatic heterocycles. The first-order valence-electron chi connectivity index (χ1n) is 8.81. The molecule has 0 atom stereocenters. The van der Waals surface area contributed by atoms with Gasteiger partial charge in [0.2, 0.25) is 0 Å².